The molecule has 0 atom stereocenters. The van der Waals surface area contributed by atoms with Crippen molar-refractivity contribution in [1.29, 1.82) is 0 Å². The van der Waals surface area contributed by atoms with E-state index in [2.05, 4.69) is 36.5 Å². The van der Waals surface area contributed by atoms with Crippen LogP contribution in [0, 0.1) is 6.92 Å². The Hall–Kier alpha value is -2.89. The standard InChI is InChI=1S/C25H26ClNO4/c1-3-28-24-12-20(14-27-13-19-8-9-22-23(11-19)31-16-30-22)10-21(26)25(24)29-15-18-6-4-17(2)5-7-18/h4-12,27H,3,13-16H2,1-2H3. The van der Waals surface area contributed by atoms with E-state index in [1.807, 2.05) is 37.3 Å². The van der Waals surface area contributed by atoms with E-state index in [1.165, 1.54) is 5.56 Å². The fraction of sp³-hybridized carbons (Fsp3) is 0.280. The first-order chi connectivity index (χ1) is 15.1. The second-order valence-corrected chi connectivity index (χ2v) is 7.81. The molecule has 31 heavy (non-hydrogen) atoms. The van der Waals surface area contributed by atoms with Crippen LogP contribution in [0.1, 0.15) is 29.2 Å². The number of halogens is 1. The van der Waals surface area contributed by atoms with Crippen LogP contribution in [0.4, 0.5) is 0 Å². The highest BCUT2D eigenvalue weighted by Gasteiger charge is 2.15. The predicted octanol–water partition coefficient (Wildman–Crippen LogP) is 5.64. The minimum atomic E-state index is 0.281. The van der Waals surface area contributed by atoms with E-state index < -0.39 is 0 Å². The molecule has 1 N–H and O–H groups in total. The van der Waals surface area contributed by atoms with Gasteiger partial charge in [-0.1, -0.05) is 47.5 Å². The second-order valence-electron chi connectivity index (χ2n) is 7.40. The van der Waals surface area contributed by atoms with Crippen LogP contribution in [0.15, 0.2) is 54.6 Å². The Kier molecular flexibility index (Phi) is 6.85. The van der Waals surface area contributed by atoms with E-state index in [-0.39, 0.29) is 6.79 Å². The Morgan fingerprint density at radius 3 is 2.42 bits per heavy atom. The first kappa shape index (κ1) is 21.3. The Morgan fingerprint density at radius 1 is 0.871 bits per heavy atom. The summed E-state index contributed by atoms with van der Waals surface area (Å²) >= 11 is 6.56. The quantitative estimate of drug-likeness (QED) is 0.467. The topological polar surface area (TPSA) is 49.0 Å². The Balaban J connectivity index is 1.40. The van der Waals surface area contributed by atoms with Crippen LogP contribution in [0.25, 0.3) is 0 Å². The normalized spacial score (nSPS) is 12.1. The van der Waals surface area contributed by atoms with Crippen LogP contribution < -0.4 is 24.3 Å². The molecular weight excluding hydrogens is 414 g/mol. The van der Waals surface area contributed by atoms with Gasteiger partial charge in [0.15, 0.2) is 23.0 Å². The molecule has 162 valence electrons. The summed E-state index contributed by atoms with van der Waals surface area (Å²) < 4.78 is 22.6. The van der Waals surface area contributed by atoms with Crippen LogP contribution in [0.2, 0.25) is 5.02 Å². The number of hydrogen-bond acceptors (Lipinski definition) is 5. The molecule has 0 saturated carbocycles. The zero-order valence-corrected chi connectivity index (χ0v) is 18.5. The molecule has 5 nitrogen and oxygen atoms in total. The molecule has 1 heterocycles. The van der Waals surface area contributed by atoms with Crippen molar-refractivity contribution in [2.75, 3.05) is 13.4 Å². The maximum absolute atomic E-state index is 6.56. The highest BCUT2D eigenvalue weighted by molar-refractivity contribution is 6.32. The van der Waals surface area contributed by atoms with Gasteiger partial charge >= 0.3 is 0 Å². The van der Waals surface area contributed by atoms with Crippen LogP contribution in [0.5, 0.6) is 23.0 Å². The lowest BCUT2D eigenvalue weighted by Crippen LogP contribution is -2.13. The Bertz CT molecular complexity index is 1040. The minimum Gasteiger partial charge on any atom is -0.490 e. The van der Waals surface area contributed by atoms with E-state index in [0.29, 0.717) is 42.8 Å². The Labute approximate surface area is 187 Å². The third-order valence-corrected chi connectivity index (χ3v) is 5.25. The molecule has 3 aromatic carbocycles. The number of fused-ring (bicyclic) bond motifs is 1. The van der Waals surface area contributed by atoms with Crippen LogP contribution in [-0.2, 0) is 19.7 Å². The van der Waals surface area contributed by atoms with Gasteiger partial charge in [0.05, 0.1) is 11.6 Å². The van der Waals surface area contributed by atoms with E-state index in [0.717, 1.165) is 28.2 Å². The molecule has 4 rings (SSSR count). The summed E-state index contributed by atoms with van der Waals surface area (Å²) in [5.74, 6) is 2.81. The van der Waals surface area contributed by atoms with Gasteiger partial charge in [0.1, 0.15) is 6.61 Å². The van der Waals surface area contributed by atoms with Crippen LogP contribution >= 0.6 is 11.6 Å². The van der Waals surface area contributed by atoms with Gasteiger partial charge in [0.2, 0.25) is 6.79 Å². The highest BCUT2D eigenvalue weighted by atomic mass is 35.5. The summed E-state index contributed by atoms with van der Waals surface area (Å²) in [7, 11) is 0. The molecule has 0 amide bonds. The van der Waals surface area contributed by atoms with Crippen molar-refractivity contribution in [3.8, 4) is 23.0 Å². The molecular formula is C25H26ClNO4. The maximum atomic E-state index is 6.56. The van der Waals surface area contributed by atoms with Crippen molar-refractivity contribution >= 4 is 11.6 Å². The molecule has 0 unspecified atom stereocenters. The van der Waals surface area contributed by atoms with Crippen LogP contribution in [0.3, 0.4) is 0 Å². The van der Waals surface area contributed by atoms with E-state index in [9.17, 15) is 0 Å². The number of benzene rings is 3. The third-order valence-electron chi connectivity index (χ3n) is 4.97. The molecule has 0 aliphatic carbocycles. The molecule has 6 heteroatoms. The fourth-order valence-corrected chi connectivity index (χ4v) is 3.66. The monoisotopic (exact) mass is 439 g/mol. The lowest BCUT2D eigenvalue weighted by molar-refractivity contribution is 0.174. The molecule has 0 fully saturated rings. The van der Waals surface area contributed by atoms with Gasteiger partial charge in [0, 0.05) is 13.1 Å². The summed E-state index contributed by atoms with van der Waals surface area (Å²) in [6.45, 7) is 6.60. The van der Waals surface area contributed by atoms with Gasteiger partial charge in [-0.25, -0.2) is 0 Å². The number of hydrogen-bond donors (Lipinski definition) is 1. The molecule has 3 aromatic rings. The largest absolute Gasteiger partial charge is 0.490 e. The summed E-state index contributed by atoms with van der Waals surface area (Å²) in [4.78, 5) is 0. The van der Waals surface area contributed by atoms with E-state index in [4.69, 9.17) is 30.5 Å². The van der Waals surface area contributed by atoms with Gasteiger partial charge in [0.25, 0.3) is 0 Å². The van der Waals surface area contributed by atoms with E-state index in [1.54, 1.807) is 0 Å². The molecule has 0 saturated heterocycles. The molecule has 0 bridgehead atoms. The van der Waals surface area contributed by atoms with Crippen molar-refractivity contribution in [3.63, 3.8) is 0 Å². The van der Waals surface area contributed by atoms with Gasteiger partial charge < -0.3 is 24.3 Å². The van der Waals surface area contributed by atoms with E-state index >= 15 is 0 Å². The summed E-state index contributed by atoms with van der Waals surface area (Å²) in [6.07, 6.45) is 0. The number of rotatable bonds is 9. The zero-order chi connectivity index (χ0) is 21.6. The van der Waals surface area contributed by atoms with Gasteiger partial charge in [-0.3, -0.25) is 0 Å². The lowest BCUT2D eigenvalue weighted by atomic mass is 10.1. The lowest BCUT2D eigenvalue weighted by Gasteiger charge is -2.16. The van der Waals surface area contributed by atoms with Crippen molar-refractivity contribution in [2.45, 2.75) is 33.5 Å². The highest BCUT2D eigenvalue weighted by Crippen LogP contribution is 2.37. The first-order valence-electron chi connectivity index (χ1n) is 10.3. The van der Waals surface area contributed by atoms with Crippen molar-refractivity contribution in [2.24, 2.45) is 0 Å². The first-order valence-corrected chi connectivity index (χ1v) is 10.7. The smallest absolute Gasteiger partial charge is 0.231 e. The van der Waals surface area contributed by atoms with Gasteiger partial charge in [-0.05, 0) is 54.8 Å². The summed E-state index contributed by atoms with van der Waals surface area (Å²) in [5.41, 5.74) is 4.45. The predicted molar refractivity (Wildman–Crippen MR) is 121 cm³/mol. The summed E-state index contributed by atoms with van der Waals surface area (Å²) in [6, 6.07) is 18.1. The van der Waals surface area contributed by atoms with Gasteiger partial charge in [-0.2, -0.15) is 0 Å². The average Bonchev–Trinajstić information content (AvgIpc) is 3.23. The molecule has 0 aromatic heterocycles. The van der Waals surface area contributed by atoms with Crippen molar-refractivity contribution < 1.29 is 18.9 Å². The minimum absolute atomic E-state index is 0.281. The average molecular weight is 440 g/mol. The molecule has 1 aliphatic rings. The Morgan fingerprint density at radius 2 is 1.61 bits per heavy atom. The number of ether oxygens (including phenoxy) is 4. The van der Waals surface area contributed by atoms with Crippen molar-refractivity contribution in [3.05, 3.63) is 81.9 Å². The van der Waals surface area contributed by atoms with Gasteiger partial charge in [-0.15, -0.1) is 0 Å². The maximum Gasteiger partial charge on any atom is 0.231 e. The summed E-state index contributed by atoms with van der Waals surface area (Å²) in [5, 5.41) is 3.98. The fourth-order valence-electron chi connectivity index (χ4n) is 3.37. The molecule has 0 spiro atoms. The molecule has 0 radical (unpaired) electrons. The van der Waals surface area contributed by atoms with Crippen molar-refractivity contribution in [1.82, 2.24) is 5.32 Å². The zero-order valence-electron chi connectivity index (χ0n) is 17.7. The number of aryl methyl sites for hydroxylation is 1. The van der Waals surface area contributed by atoms with Crippen LogP contribution in [-0.4, -0.2) is 13.4 Å². The number of nitrogens with one attached hydrogen (secondary N) is 1. The second kappa shape index (κ2) is 9.94. The third kappa shape index (κ3) is 5.43. The SMILES string of the molecule is CCOc1cc(CNCc2ccc3c(c2)OCO3)cc(Cl)c1OCc1ccc(C)cc1. The molecule has 1 aliphatic heterocycles.